The molecule has 0 bridgehead atoms. The summed E-state index contributed by atoms with van der Waals surface area (Å²) in [6.07, 6.45) is 3.03. The lowest BCUT2D eigenvalue weighted by atomic mass is 9.84. The first kappa shape index (κ1) is 18.6. The molecule has 1 aromatic heterocycles. The maximum Gasteiger partial charge on any atom is 0.257 e. The summed E-state index contributed by atoms with van der Waals surface area (Å²) in [5.74, 6) is -0.609. The summed E-state index contributed by atoms with van der Waals surface area (Å²) in [5, 5.41) is 12.4. The predicted molar refractivity (Wildman–Crippen MR) is 102 cm³/mol. The van der Waals surface area contributed by atoms with Gasteiger partial charge in [0.05, 0.1) is 19.3 Å². The molecule has 28 heavy (non-hydrogen) atoms. The Balaban J connectivity index is 1.93. The summed E-state index contributed by atoms with van der Waals surface area (Å²) in [6.45, 7) is 1.80. The minimum atomic E-state index is -1.18. The normalized spacial score (nSPS) is 27.1. The molecule has 1 aromatic carbocycles. The first-order valence-electron chi connectivity index (χ1n) is 9.86. The highest BCUT2D eigenvalue weighted by atomic mass is 16.4. The molecular formula is C22H25N3O3. The van der Waals surface area contributed by atoms with E-state index in [9.17, 15) is 14.7 Å². The maximum atomic E-state index is 13.7. The molecule has 6 nitrogen and oxygen atoms in total. The molecule has 146 valence electrons. The third kappa shape index (κ3) is 3.07. The Morgan fingerprint density at radius 1 is 1.11 bits per heavy atom. The minimum Gasteiger partial charge on any atom is -0.498 e. The minimum absolute atomic E-state index is 0.00639. The zero-order chi connectivity index (χ0) is 19.7. The number of nitrogens with zero attached hydrogens (tertiary/aromatic N) is 3. The number of hydrogen-bond acceptors (Lipinski definition) is 4. The lowest BCUT2D eigenvalue weighted by molar-refractivity contribution is -0.888. The molecular weight excluding hydrogens is 354 g/mol. The Bertz CT molecular complexity index is 880. The third-order valence-electron chi connectivity index (χ3n) is 6.26. The molecule has 3 heterocycles. The van der Waals surface area contributed by atoms with Gasteiger partial charge in [0.2, 0.25) is 5.91 Å². The van der Waals surface area contributed by atoms with E-state index >= 15 is 0 Å². The molecule has 3 unspecified atom stereocenters. The van der Waals surface area contributed by atoms with E-state index in [2.05, 4.69) is 4.98 Å². The fourth-order valence-corrected chi connectivity index (χ4v) is 4.68. The number of pyridine rings is 1. The van der Waals surface area contributed by atoms with Crippen LogP contribution in [0.5, 0.6) is 0 Å². The largest absolute Gasteiger partial charge is 0.498 e. The molecule has 1 saturated heterocycles. The number of carbonyl (C=O) groups is 2. The molecule has 0 saturated carbocycles. The van der Waals surface area contributed by atoms with Crippen LogP contribution in [0.25, 0.3) is 0 Å². The van der Waals surface area contributed by atoms with Gasteiger partial charge < -0.3 is 14.8 Å². The standard InChI is InChI=1S/C22H25N3O3/c1-25(22(27)28)15-11-16-8-2-3-9-17(16)19(21(26)24-13-6-7-14-24)20(25)18-10-4-5-12-23-18/h2-5,8-10,12,19-20H,6-7,11,13-15H2,1H3. The highest BCUT2D eigenvalue weighted by Gasteiger charge is 2.50. The van der Waals surface area contributed by atoms with Gasteiger partial charge in [-0.2, -0.15) is 0 Å². The van der Waals surface area contributed by atoms with E-state index in [4.69, 9.17) is 0 Å². The van der Waals surface area contributed by atoms with Gasteiger partial charge in [-0.15, -0.1) is 0 Å². The first-order chi connectivity index (χ1) is 13.5. The molecule has 6 heteroatoms. The fourth-order valence-electron chi connectivity index (χ4n) is 4.68. The molecule has 1 fully saturated rings. The number of benzene rings is 1. The van der Waals surface area contributed by atoms with Crippen LogP contribution in [0.15, 0.2) is 48.7 Å². The van der Waals surface area contributed by atoms with Crippen LogP contribution >= 0.6 is 0 Å². The van der Waals surface area contributed by atoms with Crippen molar-refractivity contribution in [1.29, 1.82) is 0 Å². The summed E-state index contributed by atoms with van der Waals surface area (Å²) in [4.78, 5) is 32.4. The van der Waals surface area contributed by atoms with Gasteiger partial charge in [0.25, 0.3) is 6.09 Å². The highest BCUT2D eigenvalue weighted by Crippen LogP contribution is 2.44. The number of hydrogen-bond donors (Lipinski definition) is 0. The number of aromatic nitrogens is 1. The van der Waals surface area contributed by atoms with Crippen LogP contribution in [0.3, 0.4) is 0 Å². The Hall–Kier alpha value is -2.73. The van der Waals surface area contributed by atoms with Crippen molar-refractivity contribution < 1.29 is 19.2 Å². The number of rotatable bonds is 2. The zero-order valence-corrected chi connectivity index (χ0v) is 16.1. The Morgan fingerprint density at radius 2 is 1.82 bits per heavy atom. The van der Waals surface area contributed by atoms with Crippen LogP contribution in [0, 0.1) is 0 Å². The maximum absolute atomic E-state index is 13.7. The third-order valence-corrected chi connectivity index (χ3v) is 6.26. The Labute approximate surface area is 165 Å². The van der Waals surface area contributed by atoms with E-state index in [-0.39, 0.29) is 10.4 Å². The van der Waals surface area contributed by atoms with Crippen molar-refractivity contribution in [2.75, 3.05) is 26.7 Å². The second kappa shape index (κ2) is 7.36. The number of amides is 2. The number of carbonyl (C=O) groups excluding carboxylic acids is 2. The number of likely N-dealkylation sites (N-methyl/N-ethyl adjacent to an activating group) is 1. The lowest BCUT2D eigenvalue weighted by Gasteiger charge is -2.42. The van der Waals surface area contributed by atoms with E-state index in [1.54, 1.807) is 19.3 Å². The number of fused-ring (bicyclic) bond motifs is 1. The molecule has 4 rings (SSSR count). The zero-order valence-electron chi connectivity index (χ0n) is 16.1. The van der Waals surface area contributed by atoms with E-state index < -0.39 is 18.1 Å². The molecule has 2 amide bonds. The molecule has 0 N–H and O–H groups in total. The summed E-state index contributed by atoms with van der Waals surface area (Å²) < 4.78 is -0.365. The molecule has 2 aromatic rings. The second-order valence-corrected chi connectivity index (χ2v) is 7.92. The van der Waals surface area contributed by atoms with Gasteiger partial charge in [-0.05, 0) is 36.1 Å². The van der Waals surface area contributed by atoms with E-state index in [0.29, 0.717) is 18.7 Å². The van der Waals surface area contributed by atoms with Crippen molar-refractivity contribution in [1.82, 2.24) is 9.88 Å². The summed E-state index contributed by atoms with van der Waals surface area (Å²) in [6, 6.07) is 12.7. The van der Waals surface area contributed by atoms with Gasteiger partial charge in [-0.25, -0.2) is 0 Å². The van der Waals surface area contributed by atoms with Crippen LogP contribution in [-0.4, -0.2) is 53.0 Å². The van der Waals surface area contributed by atoms with Gasteiger partial charge in [-0.1, -0.05) is 30.3 Å². The molecule has 0 radical (unpaired) electrons. The van der Waals surface area contributed by atoms with Crippen LogP contribution in [0.1, 0.15) is 41.6 Å². The van der Waals surface area contributed by atoms with E-state index in [1.165, 1.54) is 0 Å². The molecule has 2 aliphatic heterocycles. The smallest absolute Gasteiger partial charge is 0.257 e. The average Bonchev–Trinajstić information content (AvgIpc) is 3.21. The van der Waals surface area contributed by atoms with E-state index in [1.807, 2.05) is 41.3 Å². The fraction of sp³-hybridized carbons (Fsp3) is 0.409. The van der Waals surface area contributed by atoms with Crippen molar-refractivity contribution in [2.45, 2.75) is 31.2 Å². The predicted octanol–water partition coefficient (Wildman–Crippen LogP) is 1.87. The highest BCUT2D eigenvalue weighted by molar-refractivity contribution is 5.85. The van der Waals surface area contributed by atoms with Crippen LogP contribution in [0.2, 0.25) is 0 Å². The van der Waals surface area contributed by atoms with Crippen molar-refractivity contribution in [2.24, 2.45) is 0 Å². The average molecular weight is 379 g/mol. The molecule has 0 spiro atoms. The van der Waals surface area contributed by atoms with Gasteiger partial charge in [-0.3, -0.25) is 14.3 Å². The van der Waals surface area contributed by atoms with Crippen molar-refractivity contribution in [3.05, 3.63) is 65.5 Å². The molecule has 0 aliphatic carbocycles. The van der Waals surface area contributed by atoms with Gasteiger partial charge in [0.1, 0.15) is 5.92 Å². The summed E-state index contributed by atoms with van der Waals surface area (Å²) in [5.41, 5.74) is 2.56. The lowest BCUT2D eigenvalue weighted by Crippen LogP contribution is -2.60. The Morgan fingerprint density at radius 3 is 2.50 bits per heavy atom. The summed E-state index contributed by atoms with van der Waals surface area (Å²) >= 11 is 0. The monoisotopic (exact) mass is 379 g/mol. The second-order valence-electron chi connectivity index (χ2n) is 7.92. The van der Waals surface area contributed by atoms with Crippen molar-refractivity contribution in [3.63, 3.8) is 0 Å². The van der Waals surface area contributed by atoms with Crippen LogP contribution in [-0.2, 0) is 11.2 Å². The van der Waals surface area contributed by atoms with Crippen LogP contribution < -0.4 is 5.11 Å². The topological polar surface area (TPSA) is 73.3 Å². The molecule has 2 aliphatic rings. The quantitative estimate of drug-likeness (QED) is 0.747. The van der Waals surface area contributed by atoms with Crippen molar-refractivity contribution in [3.8, 4) is 0 Å². The number of carboxylic acid groups (broad SMARTS) is 1. The van der Waals surface area contributed by atoms with Gasteiger partial charge in [0, 0.05) is 25.7 Å². The number of likely N-dealkylation sites (tertiary alicyclic amines) is 1. The number of quaternary nitrogens is 1. The van der Waals surface area contributed by atoms with Crippen molar-refractivity contribution >= 4 is 12.0 Å². The van der Waals surface area contributed by atoms with Gasteiger partial charge in [0.15, 0.2) is 6.04 Å². The SMILES string of the molecule is C[N+]1(C(=O)[O-])CCc2ccccc2C(C(=O)N2CCCC2)C1c1ccccn1. The molecule has 3 atom stereocenters. The Kier molecular flexibility index (Phi) is 4.89. The van der Waals surface area contributed by atoms with E-state index in [0.717, 1.165) is 37.1 Å². The first-order valence-corrected chi connectivity index (χ1v) is 9.86. The summed E-state index contributed by atoms with van der Waals surface area (Å²) in [7, 11) is 1.66. The van der Waals surface area contributed by atoms with Gasteiger partial charge >= 0.3 is 0 Å². The van der Waals surface area contributed by atoms with Crippen LogP contribution in [0.4, 0.5) is 4.79 Å².